The number of rotatable bonds is 3. The summed E-state index contributed by atoms with van der Waals surface area (Å²) in [7, 11) is 0. The number of carboxylic acid groups (broad SMARTS) is 1. The SMILES string of the molecule is CCC(C)n1cc(I)cc1C(=O)O. The number of nitrogens with zero attached hydrogens (tertiary/aromatic N) is 1. The molecule has 0 aliphatic carbocycles. The van der Waals surface area contributed by atoms with Crippen molar-refractivity contribution >= 4 is 28.6 Å². The molecule has 0 aliphatic heterocycles. The van der Waals surface area contributed by atoms with Gasteiger partial charge in [-0.1, -0.05) is 6.92 Å². The fourth-order valence-corrected chi connectivity index (χ4v) is 1.77. The van der Waals surface area contributed by atoms with Gasteiger partial charge in [0.05, 0.1) is 0 Å². The quantitative estimate of drug-likeness (QED) is 0.871. The lowest BCUT2D eigenvalue weighted by Gasteiger charge is -2.12. The Kier molecular flexibility index (Phi) is 3.35. The van der Waals surface area contributed by atoms with Gasteiger partial charge in [-0.25, -0.2) is 4.79 Å². The summed E-state index contributed by atoms with van der Waals surface area (Å²) in [6, 6.07) is 1.93. The fourth-order valence-electron chi connectivity index (χ4n) is 1.18. The lowest BCUT2D eigenvalue weighted by Crippen LogP contribution is -2.10. The number of halogens is 1. The summed E-state index contributed by atoms with van der Waals surface area (Å²) in [5, 5.41) is 8.90. The van der Waals surface area contributed by atoms with Gasteiger partial charge in [-0.05, 0) is 42.0 Å². The second-order valence-corrected chi connectivity index (χ2v) is 4.26. The van der Waals surface area contributed by atoms with Crippen LogP contribution in [0.5, 0.6) is 0 Å². The molecule has 0 bridgehead atoms. The molecule has 0 aliphatic rings. The van der Waals surface area contributed by atoms with Gasteiger partial charge in [-0.15, -0.1) is 0 Å². The lowest BCUT2D eigenvalue weighted by molar-refractivity contribution is 0.0683. The maximum absolute atomic E-state index is 10.8. The zero-order chi connectivity index (χ0) is 10.0. The molecule has 1 unspecified atom stereocenters. The van der Waals surface area contributed by atoms with E-state index in [0.29, 0.717) is 5.69 Å². The number of carbonyl (C=O) groups is 1. The maximum atomic E-state index is 10.8. The van der Waals surface area contributed by atoms with Crippen LogP contribution in [0, 0.1) is 3.57 Å². The Bertz CT molecular complexity index is 319. The van der Waals surface area contributed by atoms with Crippen molar-refractivity contribution in [3.8, 4) is 0 Å². The molecule has 0 saturated carbocycles. The third-order valence-electron chi connectivity index (χ3n) is 2.10. The van der Waals surface area contributed by atoms with Gasteiger partial charge in [0.15, 0.2) is 0 Å². The van der Waals surface area contributed by atoms with Crippen LogP contribution in [0.4, 0.5) is 0 Å². The smallest absolute Gasteiger partial charge is 0.352 e. The minimum absolute atomic E-state index is 0.245. The molecule has 0 aromatic carbocycles. The number of aromatic carboxylic acids is 1. The molecule has 0 saturated heterocycles. The first-order chi connectivity index (χ1) is 6.06. The summed E-state index contributed by atoms with van der Waals surface area (Å²) in [6.07, 6.45) is 2.81. The van der Waals surface area contributed by atoms with Crippen LogP contribution in [-0.4, -0.2) is 15.6 Å². The van der Waals surface area contributed by atoms with Crippen LogP contribution in [0.3, 0.4) is 0 Å². The van der Waals surface area contributed by atoms with E-state index in [9.17, 15) is 4.79 Å². The molecular formula is C9H12INO2. The van der Waals surface area contributed by atoms with Crippen molar-refractivity contribution in [2.45, 2.75) is 26.3 Å². The largest absolute Gasteiger partial charge is 0.477 e. The molecule has 72 valence electrons. The van der Waals surface area contributed by atoms with E-state index in [2.05, 4.69) is 22.6 Å². The van der Waals surface area contributed by atoms with Crippen LogP contribution in [0.1, 0.15) is 36.8 Å². The van der Waals surface area contributed by atoms with Gasteiger partial charge in [0.1, 0.15) is 5.69 Å². The van der Waals surface area contributed by atoms with E-state index in [-0.39, 0.29) is 6.04 Å². The Morgan fingerprint density at radius 1 is 1.77 bits per heavy atom. The van der Waals surface area contributed by atoms with Crippen molar-refractivity contribution in [1.29, 1.82) is 0 Å². The second kappa shape index (κ2) is 4.13. The average molecular weight is 293 g/mol. The number of hydrogen-bond acceptors (Lipinski definition) is 1. The van der Waals surface area contributed by atoms with E-state index in [1.165, 1.54) is 0 Å². The van der Waals surface area contributed by atoms with Gasteiger partial charge in [0, 0.05) is 15.8 Å². The molecule has 1 aromatic rings. The minimum atomic E-state index is -0.858. The van der Waals surface area contributed by atoms with Crippen LogP contribution in [0.2, 0.25) is 0 Å². The van der Waals surface area contributed by atoms with Crippen molar-refractivity contribution in [1.82, 2.24) is 4.57 Å². The van der Waals surface area contributed by atoms with Crippen molar-refractivity contribution in [3.05, 3.63) is 21.5 Å². The van der Waals surface area contributed by atoms with E-state index in [4.69, 9.17) is 5.11 Å². The fraction of sp³-hybridized carbons (Fsp3) is 0.444. The normalized spacial score (nSPS) is 12.8. The highest BCUT2D eigenvalue weighted by Gasteiger charge is 2.14. The van der Waals surface area contributed by atoms with Crippen molar-refractivity contribution in [2.24, 2.45) is 0 Å². The van der Waals surface area contributed by atoms with Gasteiger partial charge in [-0.2, -0.15) is 0 Å². The molecule has 0 spiro atoms. The van der Waals surface area contributed by atoms with Gasteiger partial charge in [-0.3, -0.25) is 0 Å². The Labute approximate surface area is 90.9 Å². The average Bonchev–Trinajstić information content (AvgIpc) is 2.46. The summed E-state index contributed by atoms with van der Waals surface area (Å²) in [5.41, 5.74) is 0.374. The number of hydrogen-bond donors (Lipinski definition) is 1. The molecule has 1 heterocycles. The third-order valence-corrected chi connectivity index (χ3v) is 2.69. The number of aromatic nitrogens is 1. The summed E-state index contributed by atoms with van der Waals surface area (Å²) >= 11 is 2.13. The van der Waals surface area contributed by atoms with Gasteiger partial charge < -0.3 is 9.67 Å². The molecule has 1 atom stereocenters. The van der Waals surface area contributed by atoms with Crippen molar-refractivity contribution in [3.63, 3.8) is 0 Å². The van der Waals surface area contributed by atoms with Crippen molar-refractivity contribution < 1.29 is 9.90 Å². The van der Waals surface area contributed by atoms with Crippen LogP contribution < -0.4 is 0 Å². The standard InChI is InChI=1S/C9H12INO2/c1-3-6(2)11-5-7(10)4-8(11)9(12)13/h4-6H,3H2,1-2H3,(H,12,13). The van der Waals surface area contributed by atoms with Crippen LogP contribution in [0.15, 0.2) is 12.3 Å². The van der Waals surface area contributed by atoms with E-state index >= 15 is 0 Å². The van der Waals surface area contributed by atoms with E-state index in [1.54, 1.807) is 6.07 Å². The summed E-state index contributed by atoms with van der Waals surface area (Å²) in [4.78, 5) is 10.8. The first kappa shape index (κ1) is 10.6. The molecule has 0 fully saturated rings. The van der Waals surface area contributed by atoms with Crippen LogP contribution in [-0.2, 0) is 0 Å². The molecule has 1 N–H and O–H groups in total. The van der Waals surface area contributed by atoms with Gasteiger partial charge in [0.2, 0.25) is 0 Å². The number of carboxylic acids is 1. The highest BCUT2D eigenvalue weighted by atomic mass is 127. The molecule has 3 nitrogen and oxygen atoms in total. The molecule has 1 rings (SSSR count). The Morgan fingerprint density at radius 2 is 2.38 bits per heavy atom. The third kappa shape index (κ3) is 2.24. The Hall–Kier alpha value is -0.520. The second-order valence-electron chi connectivity index (χ2n) is 3.01. The first-order valence-electron chi connectivity index (χ1n) is 4.17. The van der Waals surface area contributed by atoms with E-state index in [0.717, 1.165) is 9.99 Å². The minimum Gasteiger partial charge on any atom is -0.477 e. The summed E-state index contributed by atoms with van der Waals surface area (Å²) < 4.78 is 2.78. The predicted molar refractivity (Wildman–Crippen MR) is 59.1 cm³/mol. The first-order valence-corrected chi connectivity index (χ1v) is 5.24. The topological polar surface area (TPSA) is 42.2 Å². The summed E-state index contributed by atoms with van der Waals surface area (Å²) in [6.45, 7) is 4.06. The highest BCUT2D eigenvalue weighted by molar-refractivity contribution is 14.1. The Morgan fingerprint density at radius 3 is 2.85 bits per heavy atom. The molecule has 4 heteroatoms. The van der Waals surface area contributed by atoms with Crippen molar-refractivity contribution in [2.75, 3.05) is 0 Å². The zero-order valence-electron chi connectivity index (χ0n) is 7.62. The molecule has 1 aromatic heterocycles. The van der Waals surface area contributed by atoms with Crippen LogP contribution in [0.25, 0.3) is 0 Å². The maximum Gasteiger partial charge on any atom is 0.352 e. The zero-order valence-corrected chi connectivity index (χ0v) is 9.78. The molecular weight excluding hydrogens is 281 g/mol. The highest BCUT2D eigenvalue weighted by Crippen LogP contribution is 2.18. The predicted octanol–water partition coefficient (Wildman–Crippen LogP) is 2.76. The monoisotopic (exact) mass is 293 g/mol. The van der Waals surface area contributed by atoms with Crippen LogP contribution >= 0.6 is 22.6 Å². The molecule has 13 heavy (non-hydrogen) atoms. The van der Waals surface area contributed by atoms with E-state index < -0.39 is 5.97 Å². The molecule has 0 radical (unpaired) electrons. The van der Waals surface area contributed by atoms with Gasteiger partial charge >= 0.3 is 5.97 Å². The lowest BCUT2D eigenvalue weighted by atomic mass is 10.2. The Balaban J connectivity index is 3.11. The van der Waals surface area contributed by atoms with Gasteiger partial charge in [0.25, 0.3) is 0 Å². The van der Waals surface area contributed by atoms with E-state index in [1.807, 2.05) is 24.6 Å². The summed E-state index contributed by atoms with van der Waals surface area (Å²) in [5.74, 6) is -0.858. The molecule has 0 amide bonds.